The number of carboxylic acids is 1. The fourth-order valence-corrected chi connectivity index (χ4v) is 1.19. The molecule has 2 N–H and O–H groups in total. The van der Waals surface area contributed by atoms with E-state index in [1.165, 1.54) is 12.3 Å². The smallest absolute Gasteiger partial charge is 0.410 e. The number of nitrogens with zero attached hydrogens (tertiary/aromatic N) is 2. The van der Waals surface area contributed by atoms with Gasteiger partial charge in [0.2, 0.25) is 0 Å². The average molecular weight is 466 g/mol. The number of ether oxygens (including phenoxy) is 1. The first kappa shape index (κ1) is 19.3. The number of anilines is 1. The van der Waals surface area contributed by atoms with Gasteiger partial charge in [-0.2, -0.15) is 11.9 Å². The van der Waals surface area contributed by atoms with Crippen LogP contribution >= 0.6 is 0 Å². The summed E-state index contributed by atoms with van der Waals surface area (Å²) in [6.07, 6.45) is 2.18. The quantitative estimate of drug-likeness (QED) is 0.624. The molecule has 1 aromatic heterocycles. The third kappa shape index (κ3) is 6.53. The summed E-state index contributed by atoms with van der Waals surface area (Å²) in [6.45, 7) is 4.66. The van der Waals surface area contributed by atoms with Crippen molar-refractivity contribution in [1.82, 2.24) is 9.55 Å². The van der Waals surface area contributed by atoms with Gasteiger partial charge < -0.3 is 9.84 Å². The maximum atomic E-state index is 11.6. The number of nitrogens with one attached hydrogen (secondary N) is 1. The summed E-state index contributed by atoms with van der Waals surface area (Å²) in [5.41, 5.74) is -1.52. The Bertz CT molecular complexity index is 570. The minimum Gasteiger partial charge on any atom is -0.480 e. The van der Waals surface area contributed by atoms with Crippen LogP contribution in [0.15, 0.2) is 17.1 Å². The molecule has 0 saturated heterocycles. The molecule has 0 unspecified atom stereocenters. The molecule has 9 heteroatoms. The Kier molecular flexibility index (Phi) is 7.29. The summed E-state index contributed by atoms with van der Waals surface area (Å²) < 4.78 is 5.98. The van der Waals surface area contributed by atoms with Crippen LogP contribution in [0.1, 0.15) is 20.8 Å². The van der Waals surface area contributed by atoms with E-state index in [2.05, 4.69) is 10.3 Å². The predicted molar refractivity (Wildman–Crippen MR) is 70.3 cm³/mol. The number of hydrogen-bond acceptors (Lipinski definition) is 5. The van der Waals surface area contributed by atoms with Gasteiger partial charge in [-0.3, -0.25) is 21.1 Å². The predicted octanol–water partition coefficient (Wildman–Crippen LogP) is 0.877. The first-order valence-electron chi connectivity index (χ1n) is 5.83. The van der Waals surface area contributed by atoms with E-state index < -0.39 is 29.9 Å². The number of rotatable bonds is 5. The van der Waals surface area contributed by atoms with E-state index in [0.717, 1.165) is 4.57 Å². The molecule has 0 fully saturated rings. The van der Waals surface area contributed by atoms with Gasteiger partial charge in [-0.25, -0.2) is 9.59 Å². The van der Waals surface area contributed by atoms with Crippen molar-refractivity contribution in [3.8, 4) is 0 Å². The third-order valence-corrected chi connectivity index (χ3v) is 2.46. The number of aliphatic carboxylic acids is 1. The number of carbonyl (C=O) groups excluding carboxylic acids is 1. The maximum absolute atomic E-state index is 11.6. The Morgan fingerprint density at radius 1 is 1.52 bits per heavy atom. The van der Waals surface area contributed by atoms with Crippen LogP contribution in [0.4, 0.5) is 10.6 Å². The third-order valence-electron chi connectivity index (χ3n) is 2.46. The van der Waals surface area contributed by atoms with Gasteiger partial charge in [0.25, 0.3) is 0 Å². The zero-order valence-corrected chi connectivity index (χ0v) is 14.8. The summed E-state index contributed by atoms with van der Waals surface area (Å²) in [7, 11) is 0. The number of amides is 1. The van der Waals surface area contributed by atoms with Crippen LogP contribution in [-0.2, 0) is 37.1 Å². The number of carboxylic acid groups (broad SMARTS) is 1. The molecule has 21 heavy (non-hydrogen) atoms. The second kappa shape index (κ2) is 7.92. The zero-order chi connectivity index (χ0) is 15.3. The topological polar surface area (TPSA) is 111 Å². The van der Waals surface area contributed by atoms with Crippen molar-refractivity contribution in [2.24, 2.45) is 0 Å². The molecule has 0 saturated carbocycles. The van der Waals surface area contributed by atoms with Crippen molar-refractivity contribution < 1.29 is 40.5 Å². The van der Waals surface area contributed by atoms with Crippen molar-refractivity contribution in [1.29, 1.82) is 0 Å². The Hall–Kier alpha value is -1.69. The molecule has 8 nitrogen and oxygen atoms in total. The van der Waals surface area contributed by atoms with Gasteiger partial charge in [-0.15, -0.1) is 0 Å². The Labute approximate surface area is 135 Å². The molecule has 1 rings (SSSR count). The van der Waals surface area contributed by atoms with Crippen LogP contribution in [0.3, 0.4) is 0 Å². The van der Waals surface area contributed by atoms with Crippen molar-refractivity contribution in [2.45, 2.75) is 32.9 Å². The Morgan fingerprint density at radius 3 is 2.62 bits per heavy atom. The molecule has 0 aliphatic rings. The molecule has 116 valence electrons. The SMILES string of the molecule is C[CH-]C(C)(C)OC(=O)Nc1ccn(CC(=O)O)c(=O)n1.[W]. The van der Waals surface area contributed by atoms with E-state index in [4.69, 9.17) is 9.84 Å². The fraction of sp³-hybridized carbons (Fsp3) is 0.417. The van der Waals surface area contributed by atoms with Gasteiger partial charge in [0.15, 0.2) is 0 Å². The molecule has 0 bridgehead atoms. The van der Waals surface area contributed by atoms with Crippen molar-refractivity contribution in [2.75, 3.05) is 5.32 Å². The normalized spacial score (nSPS) is 10.4. The number of hydrogen-bond donors (Lipinski definition) is 2. The Morgan fingerprint density at radius 2 is 2.14 bits per heavy atom. The van der Waals surface area contributed by atoms with Crippen molar-refractivity contribution >= 4 is 17.9 Å². The van der Waals surface area contributed by atoms with Crippen LogP contribution in [0.25, 0.3) is 0 Å². The second-order valence-corrected chi connectivity index (χ2v) is 4.52. The summed E-state index contributed by atoms with van der Waals surface area (Å²) in [6, 6.07) is 1.31. The van der Waals surface area contributed by atoms with E-state index in [9.17, 15) is 14.4 Å². The molecular formula is C12H16N3O5W-. The minimum atomic E-state index is -1.16. The van der Waals surface area contributed by atoms with Gasteiger partial charge in [-0.05, 0) is 11.7 Å². The average Bonchev–Trinajstić information content (AvgIpc) is 2.31. The van der Waals surface area contributed by atoms with E-state index in [1.54, 1.807) is 27.2 Å². The van der Waals surface area contributed by atoms with Gasteiger partial charge in [-0.1, -0.05) is 13.8 Å². The number of carbonyl (C=O) groups is 2. The molecule has 0 atom stereocenters. The monoisotopic (exact) mass is 466 g/mol. The van der Waals surface area contributed by atoms with E-state index in [-0.39, 0.29) is 26.9 Å². The van der Waals surface area contributed by atoms with Crippen LogP contribution in [0.5, 0.6) is 0 Å². The van der Waals surface area contributed by atoms with Gasteiger partial charge >= 0.3 is 17.8 Å². The van der Waals surface area contributed by atoms with Gasteiger partial charge in [0.05, 0.1) is 0 Å². The van der Waals surface area contributed by atoms with E-state index in [0.29, 0.717) is 0 Å². The summed E-state index contributed by atoms with van der Waals surface area (Å²) in [5, 5.41) is 10.9. The molecule has 1 amide bonds. The van der Waals surface area contributed by atoms with Crippen LogP contribution in [-0.4, -0.2) is 32.3 Å². The van der Waals surface area contributed by atoms with E-state index in [1.807, 2.05) is 0 Å². The van der Waals surface area contributed by atoms with E-state index >= 15 is 0 Å². The first-order valence-corrected chi connectivity index (χ1v) is 5.83. The van der Waals surface area contributed by atoms with Crippen LogP contribution < -0.4 is 11.0 Å². The van der Waals surface area contributed by atoms with Gasteiger partial charge in [0, 0.05) is 27.3 Å². The second-order valence-electron chi connectivity index (χ2n) is 4.52. The summed E-state index contributed by atoms with van der Waals surface area (Å²) in [5.74, 6) is -1.16. The molecule has 0 aliphatic heterocycles. The largest absolute Gasteiger partial charge is 0.480 e. The van der Waals surface area contributed by atoms with Crippen LogP contribution in [0, 0.1) is 6.42 Å². The Balaban J connectivity index is 0.00000400. The molecule has 0 aliphatic carbocycles. The van der Waals surface area contributed by atoms with Gasteiger partial charge in [0.1, 0.15) is 12.4 Å². The molecule has 0 radical (unpaired) electrons. The first-order chi connectivity index (χ1) is 9.23. The van der Waals surface area contributed by atoms with Crippen molar-refractivity contribution in [3.05, 3.63) is 29.2 Å². The molecule has 0 aromatic carbocycles. The van der Waals surface area contributed by atoms with Crippen LogP contribution in [0.2, 0.25) is 0 Å². The zero-order valence-electron chi connectivity index (χ0n) is 11.8. The molecular weight excluding hydrogens is 450 g/mol. The fourth-order valence-electron chi connectivity index (χ4n) is 1.19. The maximum Gasteiger partial charge on any atom is 0.410 e. The summed E-state index contributed by atoms with van der Waals surface area (Å²) >= 11 is 0. The minimum absolute atomic E-state index is 0. The standard InChI is InChI=1S/C12H16N3O5.W/c1-4-12(2,3)20-11(19)14-8-5-6-15(7-9(16)17)10(18)13-8;/h4-6H,7H2,1-3H3,(H,16,17)(H,13,14,18,19);/q-1;. The number of aromatic nitrogens is 2. The summed E-state index contributed by atoms with van der Waals surface area (Å²) in [4.78, 5) is 37.1. The van der Waals surface area contributed by atoms with Crippen molar-refractivity contribution in [3.63, 3.8) is 0 Å². The molecule has 1 heterocycles. The molecule has 1 aromatic rings. The molecule has 0 spiro atoms.